The summed E-state index contributed by atoms with van der Waals surface area (Å²) in [6, 6.07) is 18.5. The molecule has 27 heavy (non-hydrogen) atoms. The molecule has 5 nitrogen and oxygen atoms in total. The number of aromatic nitrogens is 4. The second-order valence-electron chi connectivity index (χ2n) is 6.57. The number of benzene rings is 2. The van der Waals surface area contributed by atoms with Gasteiger partial charge >= 0.3 is 0 Å². The van der Waals surface area contributed by atoms with Gasteiger partial charge < -0.3 is 4.52 Å². The number of alkyl halides is 1. The molecule has 2 aromatic carbocycles. The lowest BCUT2D eigenvalue weighted by Gasteiger charge is -2.04. The highest BCUT2D eigenvalue weighted by Gasteiger charge is 2.15. The Labute approximate surface area is 166 Å². The van der Waals surface area contributed by atoms with Crippen LogP contribution in [0.2, 0.25) is 0 Å². The van der Waals surface area contributed by atoms with Gasteiger partial charge in [0.05, 0.1) is 6.54 Å². The van der Waals surface area contributed by atoms with Gasteiger partial charge in [-0.25, -0.2) is 0 Å². The van der Waals surface area contributed by atoms with Crippen LogP contribution in [-0.4, -0.2) is 19.9 Å². The normalized spacial score (nSPS) is 11.1. The molecule has 0 aliphatic rings. The lowest BCUT2D eigenvalue weighted by molar-refractivity contribution is 0.430. The predicted molar refractivity (Wildman–Crippen MR) is 109 cm³/mol. The van der Waals surface area contributed by atoms with E-state index >= 15 is 0 Å². The Morgan fingerprint density at radius 1 is 0.963 bits per heavy atom. The second-order valence-corrected chi connectivity index (χ2v) is 7.13. The van der Waals surface area contributed by atoms with Gasteiger partial charge in [-0.15, -0.1) is 0 Å². The van der Waals surface area contributed by atoms with Crippen molar-refractivity contribution < 1.29 is 4.52 Å². The number of halogens is 1. The summed E-state index contributed by atoms with van der Waals surface area (Å²) >= 11 is 3.45. The highest BCUT2D eigenvalue weighted by atomic mass is 79.9. The highest BCUT2D eigenvalue weighted by Crippen LogP contribution is 2.23. The Kier molecular flexibility index (Phi) is 4.90. The monoisotopic (exact) mass is 422 g/mol. The summed E-state index contributed by atoms with van der Waals surface area (Å²) in [7, 11) is 0. The fraction of sp³-hybridized carbons (Fsp3) is 0.190. The molecule has 0 atom stereocenters. The molecule has 0 unspecified atom stereocenters. The van der Waals surface area contributed by atoms with E-state index in [2.05, 4.69) is 62.4 Å². The molecule has 0 spiro atoms. The summed E-state index contributed by atoms with van der Waals surface area (Å²) in [5.74, 6) is 0.997. The minimum absolute atomic E-state index is 0.431. The molecular formula is C21H19BrN4O. The van der Waals surface area contributed by atoms with Crippen molar-refractivity contribution >= 4 is 15.9 Å². The molecular weight excluding hydrogens is 404 g/mol. The molecule has 0 N–H and O–H groups in total. The molecule has 4 aromatic rings. The van der Waals surface area contributed by atoms with E-state index < -0.39 is 0 Å². The molecule has 4 rings (SSSR count). The molecule has 0 saturated carbocycles. The van der Waals surface area contributed by atoms with Crippen molar-refractivity contribution in [2.75, 3.05) is 0 Å². The Hall–Kier alpha value is -2.73. The zero-order chi connectivity index (χ0) is 18.8. The molecule has 2 heterocycles. The zero-order valence-corrected chi connectivity index (χ0v) is 16.8. The van der Waals surface area contributed by atoms with Crippen LogP contribution in [0.25, 0.3) is 23.0 Å². The predicted octanol–water partition coefficient (Wildman–Crippen LogP) is 5.16. The summed E-state index contributed by atoms with van der Waals surface area (Å²) in [5, 5.41) is 9.57. The van der Waals surface area contributed by atoms with E-state index in [9.17, 15) is 0 Å². The van der Waals surface area contributed by atoms with E-state index in [4.69, 9.17) is 4.52 Å². The maximum absolute atomic E-state index is 5.45. The molecule has 136 valence electrons. The Morgan fingerprint density at radius 2 is 1.67 bits per heavy atom. The Bertz CT molecular complexity index is 1050. The summed E-state index contributed by atoms with van der Waals surface area (Å²) < 4.78 is 7.40. The van der Waals surface area contributed by atoms with Crippen LogP contribution in [0.5, 0.6) is 0 Å². The minimum Gasteiger partial charge on any atom is -0.332 e. The first-order valence-electron chi connectivity index (χ1n) is 8.72. The molecule has 6 heteroatoms. The SMILES string of the molecule is Cc1ccc(Cn2nc(-c3nc(-c4ccc(CBr)cc4)no3)cc2C)cc1. The third-order valence-corrected chi connectivity index (χ3v) is 5.09. The molecule has 0 aliphatic carbocycles. The Morgan fingerprint density at radius 3 is 2.37 bits per heavy atom. The smallest absolute Gasteiger partial charge is 0.278 e. The molecule has 0 saturated heterocycles. The van der Waals surface area contributed by atoms with Crippen LogP contribution >= 0.6 is 15.9 Å². The lowest BCUT2D eigenvalue weighted by atomic mass is 10.1. The fourth-order valence-electron chi connectivity index (χ4n) is 2.83. The van der Waals surface area contributed by atoms with Crippen molar-refractivity contribution in [2.24, 2.45) is 0 Å². The van der Waals surface area contributed by atoms with Crippen LogP contribution in [0.4, 0.5) is 0 Å². The minimum atomic E-state index is 0.431. The number of nitrogens with zero attached hydrogens (tertiary/aromatic N) is 4. The average molecular weight is 423 g/mol. The number of hydrogen-bond acceptors (Lipinski definition) is 4. The molecule has 0 radical (unpaired) electrons. The molecule has 0 aliphatic heterocycles. The van der Waals surface area contributed by atoms with Gasteiger partial charge in [0.25, 0.3) is 5.89 Å². The van der Waals surface area contributed by atoms with Gasteiger partial charge in [-0.1, -0.05) is 75.2 Å². The fourth-order valence-corrected chi connectivity index (χ4v) is 3.20. The van der Waals surface area contributed by atoms with E-state index in [0.717, 1.165) is 16.6 Å². The first-order chi connectivity index (χ1) is 13.1. The van der Waals surface area contributed by atoms with Crippen molar-refractivity contribution in [3.63, 3.8) is 0 Å². The lowest BCUT2D eigenvalue weighted by Crippen LogP contribution is -2.03. The topological polar surface area (TPSA) is 56.7 Å². The van der Waals surface area contributed by atoms with Crippen molar-refractivity contribution in [3.05, 3.63) is 77.0 Å². The zero-order valence-electron chi connectivity index (χ0n) is 15.2. The summed E-state index contributed by atoms with van der Waals surface area (Å²) in [6.07, 6.45) is 0. The van der Waals surface area contributed by atoms with Crippen LogP contribution in [-0.2, 0) is 11.9 Å². The summed E-state index contributed by atoms with van der Waals surface area (Å²) in [5.41, 5.74) is 6.32. The summed E-state index contributed by atoms with van der Waals surface area (Å²) in [4.78, 5) is 4.51. The first-order valence-corrected chi connectivity index (χ1v) is 9.84. The molecule has 0 amide bonds. The van der Waals surface area contributed by atoms with Crippen molar-refractivity contribution in [2.45, 2.75) is 25.7 Å². The molecule has 2 aromatic heterocycles. The van der Waals surface area contributed by atoms with Gasteiger partial charge in [-0.05, 0) is 31.0 Å². The molecule has 0 bridgehead atoms. The van der Waals surface area contributed by atoms with Crippen LogP contribution in [0.3, 0.4) is 0 Å². The van der Waals surface area contributed by atoms with Gasteiger partial charge in [-0.3, -0.25) is 4.68 Å². The quantitative estimate of drug-likeness (QED) is 0.416. The van der Waals surface area contributed by atoms with Gasteiger partial charge in [0.1, 0.15) is 0 Å². The third-order valence-electron chi connectivity index (χ3n) is 4.45. The number of rotatable bonds is 5. The third kappa shape index (κ3) is 3.85. The van der Waals surface area contributed by atoms with Crippen LogP contribution < -0.4 is 0 Å². The maximum atomic E-state index is 5.45. The van der Waals surface area contributed by atoms with Gasteiger partial charge in [-0.2, -0.15) is 10.1 Å². The maximum Gasteiger partial charge on any atom is 0.278 e. The van der Waals surface area contributed by atoms with E-state index in [1.54, 1.807) is 0 Å². The van der Waals surface area contributed by atoms with Crippen LogP contribution in [0, 0.1) is 13.8 Å². The number of aryl methyl sites for hydroxylation is 2. The van der Waals surface area contributed by atoms with Gasteiger partial charge in [0, 0.05) is 16.6 Å². The van der Waals surface area contributed by atoms with E-state index in [-0.39, 0.29) is 0 Å². The van der Waals surface area contributed by atoms with Crippen molar-refractivity contribution in [1.29, 1.82) is 0 Å². The summed E-state index contributed by atoms with van der Waals surface area (Å²) in [6.45, 7) is 4.82. The van der Waals surface area contributed by atoms with Gasteiger partial charge in [0.15, 0.2) is 5.69 Å². The van der Waals surface area contributed by atoms with E-state index in [0.29, 0.717) is 24.0 Å². The number of hydrogen-bond donors (Lipinski definition) is 0. The largest absolute Gasteiger partial charge is 0.332 e. The van der Waals surface area contributed by atoms with E-state index in [1.807, 2.05) is 41.9 Å². The van der Waals surface area contributed by atoms with Gasteiger partial charge in [0.2, 0.25) is 5.82 Å². The van der Waals surface area contributed by atoms with Crippen molar-refractivity contribution in [1.82, 2.24) is 19.9 Å². The Balaban J connectivity index is 1.57. The van der Waals surface area contributed by atoms with Crippen LogP contribution in [0.15, 0.2) is 59.1 Å². The van der Waals surface area contributed by atoms with E-state index in [1.165, 1.54) is 16.7 Å². The first kappa shape index (κ1) is 17.7. The average Bonchev–Trinajstić information content (AvgIpc) is 3.31. The van der Waals surface area contributed by atoms with Crippen molar-refractivity contribution in [3.8, 4) is 23.0 Å². The van der Waals surface area contributed by atoms with Crippen LogP contribution in [0.1, 0.15) is 22.4 Å². The second kappa shape index (κ2) is 7.48. The molecule has 0 fully saturated rings. The highest BCUT2D eigenvalue weighted by molar-refractivity contribution is 9.08. The standard InChI is InChI=1S/C21H19BrN4O/c1-14-3-5-17(6-4-14)13-26-15(2)11-19(24-26)21-23-20(25-27-21)18-9-7-16(12-22)8-10-18/h3-11H,12-13H2,1-2H3.